The normalized spacial score (nSPS) is 10.9. The molecule has 158 valence electrons. The first-order valence-electron chi connectivity index (χ1n) is 9.89. The van der Waals surface area contributed by atoms with Crippen LogP contribution in [0.15, 0.2) is 24.4 Å². The molecular weight excluding hydrogens is 382 g/mol. The average Bonchev–Trinajstić information content (AvgIpc) is 3.11. The Kier molecular flexibility index (Phi) is 6.34. The number of fused-ring (bicyclic) bond motifs is 1. The topological polar surface area (TPSA) is 112 Å². The molecule has 0 saturated carbocycles. The molecule has 0 unspecified atom stereocenters. The molecule has 0 bridgehead atoms. The average molecular weight is 409 g/mol. The third-order valence-electron chi connectivity index (χ3n) is 5.16. The molecule has 8 nitrogen and oxygen atoms in total. The molecule has 2 aromatic heterocycles. The monoisotopic (exact) mass is 409 g/mol. The van der Waals surface area contributed by atoms with Crippen molar-refractivity contribution in [3.05, 3.63) is 58.0 Å². The zero-order chi connectivity index (χ0) is 21.8. The van der Waals surface area contributed by atoms with Crippen molar-refractivity contribution >= 4 is 17.5 Å². The van der Waals surface area contributed by atoms with Crippen LogP contribution in [0.2, 0.25) is 0 Å². The number of nitrogens with two attached hydrogens (primary N) is 1. The molecule has 2 heterocycles. The minimum atomic E-state index is -0.563. The molecular formula is C22H27N5O3. The molecule has 8 heteroatoms. The van der Waals surface area contributed by atoms with Crippen molar-refractivity contribution in [2.24, 2.45) is 5.73 Å². The van der Waals surface area contributed by atoms with Gasteiger partial charge in [0, 0.05) is 17.8 Å². The molecule has 0 spiro atoms. The summed E-state index contributed by atoms with van der Waals surface area (Å²) in [5, 5.41) is 7.10. The fourth-order valence-electron chi connectivity index (χ4n) is 3.54. The van der Waals surface area contributed by atoms with Crippen LogP contribution in [-0.2, 0) is 11.2 Å². The number of carbonyl (C=O) groups excluding carboxylic acids is 2. The Labute approximate surface area is 175 Å². The molecule has 0 aliphatic rings. The molecule has 3 rings (SSSR count). The molecule has 2 amide bonds. The quantitative estimate of drug-likeness (QED) is 0.554. The number of primary amides is 1. The highest BCUT2D eigenvalue weighted by atomic mass is 16.5. The van der Waals surface area contributed by atoms with Gasteiger partial charge in [0.05, 0.1) is 12.7 Å². The molecule has 0 aliphatic heterocycles. The first-order chi connectivity index (χ1) is 14.3. The standard InChI is InChI=1S/C22H27N5O3/c1-13-6-5-7-14(2)20(13)30-11-10-24-19(28)9-8-17-15(3)26-22-18(21(23)29)12-25-27(22)16(17)4/h5-7,12H,8-11H2,1-4H3,(H2,23,29)(H,24,28). The van der Waals surface area contributed by atoms with Crippen molar-refractivity contribution in [2.45, 2.75) is 40.5 Å². The van der Waals surface area contributed by atoms with Crippen LogP contribution in [0.1, 0.15) is 44.9 Å². The molecule has 3 N–H and O–H groups in total. The number of para-hydroxylation sites is 1. The van der Waals surface area contributed by atoms with Crippen molar-refractivity contribution in [2.75, 3.05) is 13.2 Å². The molecule has 1 aromatic carbocycles. The number of ether oxygens (including phenoxy) is 1. The van der Waals surface area contributed by atoms with Crippen LogP contribution < -0.4 is 15.8 Å². The van der Waals surface area contributed by atoms with Gasteiger partial charge in [-0.2, -0.15) is 5.10 Å². The van der Waals surface area contributed by atoms with Crippen LogP contribution in [0.4, 0.5) is 0 Å². The summed E-state index contributed by atoms with van der Waals surface area (Å²) in [5.74, 6) is 0.246. The third kappa shape index (κ3) is 4.42. The van der Waals surface area contributed by atoms with Crippen LogP contribution >= 0.6 is 0 Å². The van der Waals surface area contributed by atoms with Gasteiger partial charge in [0.15, 0.2) is 5.65 Å². The Morgan fingerprint density at radius 3 is 2.53 bits per heavy atom. The van der Waals surface area contributed by atoms with E-state index in [1.165, 1.54) is 6.20 Å². The van der Waals surface area contributed by atoms with Crippen molar-refractivity contribution in [1.29, 1.82) is 0 Å². The zero-order valence-electron chi connectivity index (χ0n) is 17.8. The van der Waals surface area contributed by atoms with Crippen LogP contribution in [0.5, 0.6) is 5.75 Å². The van der Waals surface area contributed by atoms with E-state index < -0.39 is 5.91 Å². The fraction of sp³-hybridized carbons (Fsp3) is 0.364. The second kappa shape index (κ2) is 8.94. The summed E-state index contributed by atoms with van der Waals surface area (Å²) in [7, 11) is 0. The highest BCUT2D eigenvalue weighted by Gasteiger charge is 2.17. The number of rotatable bonds is 8. The van der Waals surface area contributed by atoms with Gasteiger partial charge in [-0.25, -0.2) is 9.50 Å². The van der Waals surface area contributed by atoms with E-state index >= 15 is 0 Å². The molecule has 0 atom stereocenters. The van der Waals surface area contributed by atoms with E-state index in [9.17, 15) is 9.59 Å². The van der Waals surface area contributed by atoms with Crippen molar-refractivity contribution in [3.63, 3.8) is 0 Å². The third-order valence-corrected chi connectivity index (χ3v) is 5.16. The summed E-state index contributed by atoms with van der Waals surface area (Å²) < 4.78 is 7.41. The van der Waals surface area contributed by atoms with Gasteiger partial charge in [0.25, 0.3) is 5.91 Å². The zero-order valence-corrected chi connectivity index (χ0v) is 17.8. The van der Waals surface area contributed by atoms with Crippen LogP contribution in [0, 0.1) is 27.7 Å². The first kappa shape index (κ1) is 21.3. The molecule has 0 aliphatic carbocycles. The Bertz CT molecular complexity index is 1080. The van der Waals surface area contributed by atoms with E-state index in [-0.39, 0.29) is 11.5 Å². The Morgan fingerprint density at radius 2 is 1.87 bits per heavy atom. The fourth-order valence-corrected chi connectivity index (χ4v) is 3.54. The second-order valence-electron chi connectivity index (χ2n) is 7.34. The summed E-state index contributed by atoms with van der Waals surface area (Å²) in [5.41, 5.74) is 10.8. The van der Waals surface area contributed by atoms with E-state index in [0.29, 0.717) is 31.6 Å². The lowest BCUT2D eigenvalue weighted by atomic mass is 10.1. The van der Waals surface area contributed by atoms with Gasteiger partial charge in [0.1, 0.15) is 17.9 Å². The maximum atomic E-state index is 12.3. The number of hydrogen-bond donors (Lipinski definition) is 2. The van der Waals surface area contributed by atoms with E-state index in [0.717, 1.165) is 33.8 Å². The minimum Gasteiger partial charge on any atom is -0.491 e. The van der Waals surface area contributed by atoms with Gasteiger partial charge in [-0.1, -0.05) is 18.2 Å². The molecule has 0 fully saturated rings. The van der Waals surface area contributed by atoms with E-state index in [1.54, 1.807) is 4.52 Å². The maximum Gasteiger partial charge on any atom is 0.254 e. The SMILES string of the molecule is Cc1cccc(C)c1OCCNC(=O)CCc1c(C)nc2c(C(N)=O)cnn2c1C. The highest BCUT2D eigenvalue weighted by molar-refractivity contribution is 5.98. The lowest BCUT2D eigenvalue weighted by Crippen LogP contribution is -2.28. The summed E-state index contributed by atoms with van der Waals surface area (Å²) in [4.78, 5) is 28.3. The molecule has 0 radical (unpaired) electrons. The lowest BCUT2D eigenvalue weighted by molar-refractivity contribution is -0.121. The number of carbonyl (C=O) groups is 2. The Hall–Kier alpha value is -3.42. The number of benzene rings is 1. The first-order valence-corrected chi connectivity index (χ1v) is 9.89. The Balaban J connectivity index is 1.56. The lowest BCUT2D eigenvalue weighted by Gasteiger charge is -2.13. The predicted octanol–water partition coefficient (Wildman–Crippen LogP) is 2.19. The number of nitrogens with one attached hydrogen (secondary N) is 1. The van der Waals surface area contributed by atoms with Gasteiger partial charge in [-0.3, -0.25) is 9.59 Å². The summed E-state index contributed by atoms with van der Waals surface area (Å²) in [6.45, 7) is 8.60. The van der Waals surface area contributed by atoms with Gasteiger partial charge in [-0.15, -0.1) is 0 Å². The van der Waals surface area contributed by atoms with E-state index in [2.05, 4.69) is 15.4 Å². The van der Waals surface area contributed by atoms with E-state index in [1.807, 2.05) is 45.9 Å². The van der Waals surface area contributed by atoms with Crippen LogP contribution in [0.25, 0.3) is 5.65 Å². The second-order valence-corrected chi connectivity index (χ2v) is 7.34. The predicted molar refractivity (Wildman–Crippen MR) is 114 cm³/mol. The minimum absolute atomic E-state index is 0.0581. The molecule has 0 saturated heterocycles. The number of aromatic nitrogens is 3. The smallest absolute Gasteiger partial charge is 0.254 e. The summed E-state index contributed by atoms with van der Waals surface area (Å²) in [6.07, 6.45) is 2.27. The number of hydrogen-bond acceptors (Lipinski definition) is 5. The van der Waals surface area contributed by atoms with Crippen molar-refractivity contribution in [1.82, 2.24) is 19.9 Å². The van der Waals surface area contributed by atoms with Crippen molar-refractivity contribution < 1.29 is 14.3 Å². The van der Waals surface area contributed by atoms with Crippen LogP contribution in [-0.4, -0.2) is 39.6 Å². The molecule has 3 aromatic rings. The summed E-state index contributed by atoms with van der Waals surface area (Å²) in [6, 6.07) is 6.00. The van der Waals surface area contributed by atoms with E-state index in [4.69, 9.17) is 10.5 Å². The number of nitrogens with zero attached hydrogens (tertiary/aromatic N) is 3. The molecule has 30 heavy (non-hydrogen) atoms. The maximum absolute atomic E-state index is 12.3. The van der Waals surface area contributed by atoms with Crippen LogP contribution in [0.3, 0.4) is 0 Å². The van der Waals surface area contributed by atoms with Crippen molar-refractivity contribution in [3.8, 4) is 5.75 Å². The number of aryl methyl sites for hydroxylation is 4. The van der Waals surface area contributed by atoms with Gasteiger partial charge < -0.3 is 15.8 Å². The highest BCUT2D eigenvalue weighted by Crippen LogP contribution is 2.22. The number of amides is 2. The Morgan fingerprint density at radius 1 is 1.17 bits per heavy atom. The summed E-state index contributed by atoms with van der Waals surface area (Å²) >= 11 is 0. The van der Waals surface area contributed by atoms with Gasteiger partial charge in [0.2, 0.25) is 5.91 Å². The largest absolute Gasteiger partial charge is 0.491 e. The van der Waals surface area contributed by atoms with Gasteiger partial charge in [-0.05, 0) is 50.8 Å². The van der Waals surface area contributed by atoms with Gasteiger partial charge >= 0.3 is 0 Å².